The Balaban J connectivity index is 1.49. The molecule has 1 aliphatic heterocycles. The number of nitriles is 1. The SMILES string of the molecule is CN1CCN(c2nc(-c3ccc(CN(CC(C)(C)C)c4nccc(C#N)n4)cc3)cs2)CC1. The van der Waals surface area contributed by atoms with Crippen LogP contribution in [0.4, 0.5) is 11.1 Å². The lowest BCUT2D eigenvalue weighted by molar-refractivity contribution is 0.313. The first-order valence-corrected chi connectivity index (χ1v) is 12.2. The van der Waals surface area contributed by atoms with Crippen LogP contribution in [0.25, 0.3) is 11.3 Å². The van der Waals surface area contributed by atoms with Crippen molar-refractivity contribution in [1.82, 2.24) is 19.9 Å². The fourth-order valence-corrected chi connectivity index (χ4v) is 4.76. The van der Waals surface area contributed by atoms with Crippen LogP contribution >= 0.6 is 11.3 Å². The molecule has 2 aromatic heterocycles. The highest BCUT2D eigenvalue weighted by Crippen LogP contribution is 2.29. The third-order valence-electron chi connectivity index (χ3n) is 5.59. The topological polar surface area (TPSA) is 72.2 Å². The van der Waals surface area contributed by atoms with Crippen LogP contribution in [0.2, 0.25) is 0 Å². The van der Waals surface area contributed by atoms with Crippen molar-refractivity contribution < 1.29 is 0 Å². The maximum absolute atomic E-state index is 9.23. The average molecular weight is 462 g/mol. The summed E-state index contributed by atoms with van der Waals surface area (Å²) in [4.78, 5) is 20.6. The van der Waals surface area contributed by atoms with Crippen LogP contribution in [-0.4, -0.2) is 59.6 Å². The van der Waals surface area contributed by atoms with Gasteiger partial charge in [0.2, 0.25) is 5.95 Å². The van der Waals surface area contributed by atoms with E-state index in [9.17, 15) is 5.26 Å². The summed E-state index contributed by atoms with van der Waals surface area (Å²) in [5.41, 5.74) is 3.77. The minimum atomic E-state index is 0.0617. The van der Waals surface area contributed by atoms with Gasteiger partial charge in [-0.2, -0.15) is 5.26 Å². The fraction of sp³-hybridized carbons (Fsp3) is 0.440. The number of benzene rings is 1. The minimum absolute atomic E-state index is 0.0617. The predicted octanol–water partition coefficient (Wildman–Crippen LogP) is 4.28. The molecule has 8 heteroatoms. The van der Waals surface area contributed by atoms with Gasteiger partial charge < -0.3 is 14.7 Å². The molecule has 0 spiro atoms. The van der Waals surface area contributed by atoms with Crippen molar-refractivity contribution >= 4 is 22.4 Å². The summed E-state index contributed by atoms with van der Waals surface area (Å²) >= 11 is 1.72. The molecule has 0 aliphatic carbocycles. The van der Waals surface area contributed by atoms with Gasteiger partial charge in [0.1, 0.15) is 11.8 Å². The first-order valence-electron chi connectivity index (χ1n) is 11.3. The van der Waals surface area contributed by atoms with E-state index >= 15 is 0 Å². The molecule has 0 N–H and O–H groups in total. The van der Waals surface area contributed by atoms with Crippen LogP contribution in [-0.2, 0) is 6.54 Å². The van der Waals surface area contributed by atoms with E-state index in [0.29, 0.717) is 18.2 Å². The van der Waals surface area contributed by atoms with E-state index in [2.05, 4.69) is 88.2 Å². The Bertz CT molecular complexity index is 1100. The Morgan fingerprint density at radius 3 is 2.45 bits per heavy atom. The number of hydrogen-bond donors (Lipinski definition) is 0. The van der Waals surface area contributed by atoms with Crippen LogP contribution in [0.5, 0.6) is 0 Å². The zero-order valence-electron chi connectivity index (χ0n) is 19.8. The van der Waals surface area contributed by atoms with Crippen molar-refractivity contribution in [3.05, 3.63) is 53.2 Å². The van der Waals surface area contributed by atoms with Crippen molar-refractivity contribution in [2.24, 2.45) is 5.41 Å². The highest BCUT2D eigenvalue weighted by molar-refractivity contribution is 7.14. The lowest BCUT2D eigenvalue weighted by Gasteiger charge is -2.32. The second kappa shape index (κ2) is 9.86. The van der Waals surface area contributed by atoms with Gasteiger partial charge in [-0.05, 0) is 24.1 Å². The van der Waals surface area contributed by atoms with Crippen molar-refractivity contribution in [3.8, 4) is 17.3 Å². The summed E-state index contributed by atoms with van der Waals surface area (Å²) in [5.74, 6) is 0.587. The van der Waals surface area contributed by atoms with Crippen LogP contribution < -0.4 is 9.80 Å². The quantitative estimate of drug-likeness (QED) is 0.543. The Morgan fingerprint density at radius 2 is 1.79 bits per heavy atom. The molecular weight excluding hydrogens is 430 g/mol. The fourth-order valence-electron chi connectivity index (χ4n) is 3.87. The van der Waals surface area contributed by atoms with Crippen molar-refractivity contribution in [2.75, 3.05) is 49.6 Å². The number of likely N-dealkylation sites (N-methyl/N-ethyl adjacent to an activating group) is 1. The number of piperazine rings is 1. The highest BCUT2D eigenvalue weighted by Gasteiger charge is 2.20. The number of thiazole rings is 1. The molecule has 33 heavy (non-hydrogen) atoms. The zero-order chi connectivity index (χ0) is 23.4. The summed E-state index contributed by atoms with van der Waals surface area (Å²) in [6.07, 6.45) is 1.65. The normalized spacial score (nSPS) is 14.8. The molecule has 0 atom stereocenters. The second-order valence-corrected chi connectivity index (χ2v) is 10.6. The van der Waals surface area contributed by atoms with Gasteiger partial charge in [-0.1, -0.05) is 45.0 Å². The number of anilines is 2. The molecule has 0 radical (unpaired) electrons. The van der Waals surface area contributed by atoms with E-state index in [1.807, 2.05) is 0 Å². The van der Waals surface area contributed by atoms with Gasteiger partial charge in [0, 0.05) is 56.4 Å². The Hall–Kier alpha value is -3.02. The number of nitrogens with zero attached hydrogens (tertiary/aromatic N) is 7. The first kappa shape index (κ1) is 23.1. The summed E-state index contributed by atoms with van der Waals surface area (Å²) in [7, 11) is 2.17. The van der Waals surface area contributed by atoms with Gasteiger partial charge in [-0.25, -0.2) is 15.0 Å². The van der Waals surface area contributed by atoms with Gasteiger partial charge in [-0.3, -0.25) is 0 Å². The molecular formula is C25H31N7S. The maximum atomic E-state index is 9.23. The van der Waals surface area contributed by atoms with Crippen molar-refractivity contribution in [2.45, 2.75) is 27.3 Å². The van der Waals surface area contributed by atoms with E-state index in [1.54, 1.807) is 23.6 Å². The standard InChI is InChI=1S/C25H31N7S/c1-25(2,3)18-32(23-27-10-9-21(15-26)28-23)16-19-5-7-20(8-6-19)22-17-33-24(29-22)31-13-11-30(4)12-14-31/h5-10,17H,11-14,16,18H2,1-4H3. The Kier molecular flexibility index (Phi) is 6.91. The summed E-state index contributed by atoms with van der Waals surface area (Å²) in [6, 6.07) is 12.3. The molecule has 1 saturated heterocycles. The smallest absolute Gasteiger partial charge is 0.226 e. The van der Waals surface area contributed by atoms with Gasteiger partial charge in [0.15, 0.2) is 5.13 Å². The average Bonchev–Trinajstić information content (AvgIpc) is 3.29. The predicted molar refractivity (Wildman–Crippen MR) is 135 cm³/mol. The molecule has 1 fully saturated rings. The molecule has 4 rings (SSSR count). The van der Waals surface area contributed by atoms with E-state index < -0.39 is 0 Å². The summed E-state index contributed by atoms with van der Waals surface area (Å²) in [5, 5.41) is 12.5. The number of hydrogen-bond acceptors (Lipinski definition) is 8. The van der Waals surface area contributed by atoms with Gasteiger partial charge >= 0.3 is 0 Å². The van der Waals surface area contributed by atoms with E-state index in [0.717, 1.165) is 49.1 Å². The molecule has 172 valence electrons. The van der Waals surface area contributed by atoms with Gasteiger partial charge in [0.05, 0.1) is 5.69 Å². The van der Waals surface area contributed by atoms with Gasteiger partial charge in [-0.15, -0.1) is 11.3 Å². The van der Waals surface area contributed by atoms with E-state index in [4.69, 9.17) is 4.98 Å². The largest absolute Gasteiger partial charge is 0.346 e. The monoisotopic (exact) mass is 461 g/mol. The lowest BCUT2D eigenvalue weighted by Crippen LogP contribution is -2.44. The molecule has 3 heterocycles. The van der Waals surface area contributed by atoms with Gasteiger partial charge in [0.25, 0.3) is 0 Å². The number of aromatic nitrogens is 3. The summed E-state index contributed by atoms with van der Waals surface area (Å²) < 4.78 is 0. The molecule has 0 bridgehead atoms. The molecule has 0 unspecified atom stereocenters. The zero-order valence-corrected chi connectivity index (χ0v) is 20.6. The molecule has 1 aliphatic rings. The van der Waals surface area contributed by atoms with E-state index in [1.165, 1.54) is 5.56 Å². The third-order valence-corrected chi connectivity index (χ3v) is 6.50. The molecule has 0 amide bonds. The number of rotatable bonds is 6. The Morgan fingerprint density at radius 1 is 1.06 bits per heavy atom. The van der Waals surface area contributed by atoms with Crippen LogP contribution in [0.15, 0.2) is 41.9 Å². The van der Waals surface area contributed by atoms with Crippen LogP contribution in [0.1, 0.15) is 32.0 Å². The molecule has 7 nitrogen and oxygen atoms in total. The lowest BCUT2D eigenvalue weighted by atomic mass is 9.96. The van der Waals surface area contributed by atoms with Crippen molar-refractivity contribution in [3.63, 3.8) is 0 Å². The maximum Gasteiger partial charge on any atom is 0.226 e. The Labute approximate surface area is 200 Å². The summed E-state index contributed by atoms with van der Waals surface area (Å²) in [6.45, 7) is 12.2. The molecule has 0 saturated carbocycles. The van der Waals surface area contributed by atoms with Crippen LogP contribution in [0.3, 0.4) is 0 Å². The minimum Gasteiger partial charge on any atom is -0.346 e. The second-order valence-electron chi connectivity index (χ2n) is 9.77. The highest BCUT2D eigenvalue weighted by atomic mass is 32.1. The van der Waals surface area contributed by atoms with Crippen LogP contribution in [0, 0.1) is 16.7 Å². The van der Waals surface area contributed by atoms with Crippen molar-refractivity contribution in [1.29, 1.82) is 5.26 Å². The third kappa shape index (κ3) is 6.06. The first-order chi connectivity index (χ1) is 15.8. The molecule has 3 aromatic rings. The molecule has 1 aromatic carbocycles. The van der Waals surface area contributed by atoms with E-state index in [-0.39, 0.29) is 5.41 Å².